The molecular weight excluding hydrogens is 172 g/mol. The summed E-state index contributed by atoms with van der Waals surface area (Å²) < 4.78 is 10.1. The van der Waals surface area contributed by atoms with Crippen molar-refractivity contribution in [3.05, 3.63) is 12.5 Å². The molecule has 0 unspecified atom stereocenters. The topological polar surface area (TPSA) is 55.8 Å². The molecule has 0 aromatic rings. The molecule has 0 aliphatic carbocycles. The minimum atomic E-state index is -0.744. The zero-order chi connectivity index (χ0) is 9.68. The molecule has 0 spiro atoms. The zero-order valence-electron chi connectivity index (χ0n) is 7.60. The molecule has 0 radical (unpaired) electrons. The quantitative estimate of drug-likeness (QED) is 0.710. The van der Waals surface area contributed by atoms with E-state index >= 15 is 0 Å². The second kappa shape index (κ2) is 4.74. The van der Waals surface area contributed by atoms with Gasteiger partial charge in [0.15, 0.2) is 0 Å². The molecule has 0 aromatic carbocycles. The van der Waals surface area contributed by atoms with Crippen LogP contribution >= 0.6 is 0 Å². The molecule has 0 fully saturated rings. The van der Waals surface area contributed by atoms with Crippen LogP contribution in [0.25, 0.3) is 0 Å². The minimum Gasteiger partial charge on any atom is -0.481 e. The van der Waals surface area contributed by atoms with Crippen molar-refractivity contribution in [2.24, 2.45) is 5.92 Å². The van der Waals surface area contributed by atoms with Crippen LogP contribution in [-0.4, -0.2) is 17.4 Å². The maximum absolute atomic E-state index is 10.5. The van der Waals surface area contributed by atoms with E-state index in [0.717, 1.165) is 12.8 Å². The first-order valence-electron chi connectivity index (χ1n) is 4.39. The van der Waals surface area contributed by atoms with E-state index in [1.807, 2.05) is 0 Å². The molecule has 1 heterocycles. The highest BCUT2D eigenvalue weighted by Gasteiger charge is 2.15. The number of hydrogen-bond donors (Lipinski definition) is 1. The monoisotopic (exact) mass is 186 g/mol. The highest BCUT2D eigenvalue weighted by Crippen LogP contribution is 2.15. The van der Waals surface area contributed by atoms with Crippen molar-refractivity contribution >= 4 is 5.97 Å². The summed E-state index contributed by atoms with van der Waals surface area (Å²) >= 11 is 0. The fourth-order valence-electron chi connectivity index (χ4n) is 1.12. The molecule has 0 bridgehead atoms. The smallest absolute Gasteiger partial charge is 0.306 e. The minimum absolute atomic E-state index is 0.207. The summed E-state index contributed by atoms with van der Waals surface area (Å²) in [6, 6.07) is 0. The molecular formula is C9H14O4. The van der Waals surface area contributed by atoms with Gasteiger partial charge in [-0.25, -0.2) is 0 Å². The molecule has 13 heavy (non-hydrogen) atoms. The third-order valence-electron chi connectivity index (χ3n) is 2.01. The second-order valence-corrected chi connectivity index (χ2v) is 3.14. The number of ether oxygens (including phenoxy) is 2. The van der Waals surface area contributed by atoms with Crippen LogP contribution in [0.1, 0.15) is 26.2 Å². The largest absolute Gasteiger partial charge is 0.481 e. The Morgan fingerprint density at radius 3 is 2.69 bits per heavy atom. The molecule has 1 rings (SSSR count). The first-order valence-corrected chi connectivity index (χ1v) is 4.39. The Balaban J connectivity index is 2.03. The fourth-order valence-corrected chi connectivity index (χ4v) is 1.12. The van der Waals surface area contributed by atoms with Gasteiger partial charge in [-0.15, -0.1) is 0 Å². The van der Waals surface area contributed by atoms with Crippen molar-refractivity contribution in [3.8, 4) is 0 Å². The van der Waals surface area contributed by atoms with Gasteiger partial charge >= 0.3 is 5.97 Å². The van der Waals surface area contributed by atoms with Crippen LogP contribution in [0.3, 0.4) is 0 Å². The Kier molecular flexibility index (Phi) is 3.61. The number of aliphatic carboxylic acids is 1. The van der Waals surface area contributed by atoms with E-state index in [9.17, 15) is 4.79 Å². The molecule has 1 aliphatic heterocycles. The van der Waals surface area contributed by atoms with Gasteiger partial charge in [0.05, 0.1) is 5.92 Å². The fraction of sp³-hybridized carbons (Fsp3) is 0.667. The SMILES string of the molecule is C[C@H](CCCC1OC=CO1)C(=O)O. The van der Waals surface area contributed by atoms with Crippen LogP contribution in [0.2, 0.25) is 0 Å². The third-order valence-corrected chi connectivity index (χ3v) is 2.01. The molecule has 1 N–H and O–H groups in total. The molecule has 0 saturated carbocycles. The first kappa shape index (κ1) is 9.89. The predicted molar refractivity (Wildman–Crippen MR) is 45.7 cm³/mol. The molecule has 4 heteroatoms. The van der Waals surface area contributed by atoms with Gasteiger partial charge in [0.1, 0.15) is 12.5 Å². The lowest BCUT2D eigenvalue weighted by atomic mass is 10.0. The second-order valence-electron chi connectivity index (χ2n) is 3.14. The van der Waals surface area contributed by atoms with E-state index in [0.29, 0.717) is 6.42 Å². The van der Waals surface area contributed by atoms with Crippen molar-refractivity contribution in [1.29, 1.82) is 0 Å². The van der Waals surface area contributed by atoms with E-state index in [1.54, 1.807) is 6.92 Å². The summed E-state index contributed by atoms with van der Waals surface area (Å²) in [5.41, 5.74) is 0. The van der Waals surface area contributed by atoms with E-state index < -0.39 is 5.97 Å². The van der Waals surface area contributed by atoms with Crippen molar-refractivity contribution in [3.63, 3.8) is 0 Å². The molecule has 4 nitrogen and oxygen atoms in total. The van der Waals surface area contributed by atoms with Gasteiger partial charge in [-0.3, -0.25) is 4.79 Å². The first-order chi connectivity index (χ1) is 6.20. The van der Waals surface area contributed by atoms with Crippen LogP contribution in [0.4, 0.5) is 0 Å². The zero-order valence-corrected chi connectivity index (χ0v) is 7.60. The maximum atomic E-state index is 10.5. The average Bonchev–Trinajstić information content (AvgIpc) is 2.56. The van der Waals surface area contributed by atoms with E-state index in [-0.39, 0.29) is 12.2 Å². The molecule has 0 aromatic heterocycles. The van der Waals surface area contributed by atoms with Gasteiger partial charge in [-0.1, -0.05) is 6.92 Å². The van der Waals surface area contributed by atoms with Crippen LogP contribution in [-0.2, 0) is 14.3 Å². The van der Waals surface area contributed by atoms with Gasteiger partial charge in [-0.05, 0) is 12.8 Å². The van der Waals surface area contributed by atoms with Gasteiger partial charge in [0, 0.05) is 6.42 Å². The summed E-state index contributed by atoms with van der Waals surface area (Å²) in [5, 5.41) is 8.60. The van der Waals surface area contributed by atoms with E-state index in [2.05, 4.69) is 0 Å². The Labute approximate surface area is 77.1 Å². The standard InChI is InChI=1S/C9H14O4/c1-7(9(10)11)3-2-4-8-12-5-6-13-8/h5-8H,2-4H2,1H3,(H,10,11)/t7-/m1/s1. The number of carboxylic acids is 1. The maximum Gasteiger partial charge on any atom is 0.306 e. The average molecular weight is 186 g/mol. The van der Waals surface area contributed by atoms with Gasteiger partial charge < -0.3 is 14.6 Å². The van der Waals surface area contributed by atoms with Crippen molar-refractivity contribution in [2.75, 3.05) is 0 Å². The van der Waals surface area contributed by atoms with Crippen molar-refractivity contribution in [2.45, 2.75) is 32.5 Å². The predicted octanol–water partition coefficient (Wildman–Crippen LogP) is 1.72. The number of carboxylic acid groups (broad SMARTS) is 1. The Morgan fingerprint density at radius 1 is 1.54 bits per heavy atom. The lowest BCUT2D eigenvalue weighted by molar-refractivity contribution is -0.141. The van der Waals surface area contributed by atoms with Crippen LogP contribution in [0, 0.1) is 5.92 Å². The molecule has 1 aliphatic rings. The van der Waals surface area contributed by atoms with E-state index in [1.165, 1.54) is 12.5 Å². The van der Waals surface area contributed by atoms with Crippen molar-refractivity contribution < 1.29 is 19.4 Å². The summed E-state index contributed by atoms with van der Waals surface area (Å²) in [4.78, 5) is 10.5. The molecule has 1 atom stereocenters. The Bertz CT molecular complexity index is 192. The number of carbonyl (C=O) groups is 1. The van der Waals surface area contributed by atoms with Gasteiger partial charge in [-0.2, -0.15) is 0 Å². The van der Waals surface area contributed by atoms with Crippen LogP contribution in [0.15, 0.2) is 12.5 Å². The summed E-state index contributed by atoms with van der Waals surface area (Å²) in [7, 11) is 0. The lowest BCUT2D eigenvalue weighted by Gasteiger charge is -2.10. The number of hydrogen-bond acceptors (Lipinski definition) is 3. The summed E-state index contributed by atoms with van der Waals surface area (Å²) in [6.07, 6.45) is 5.01. The highest BCUT2D eigenvalue weighted by molar-refractivity contribution is 5.69. The number of rotatable bonds is 5. The molecule has 74 valence electrons. The van der Waals surface area contributed by atoms with E-state index in [4.69, 9.17) is 14.6 Å². The van der Waals surface area contributed by atoms with Crippen molar-refractivity contribution in [1.82, 2.24) is 0 Å². The Hall–Kier alpha value is -1.19. The highest BCUT2D eigenvalue weighted by atomic mass is 16.7. The van der Waals surface area contributed by atoms with Gasteiger partial charge in [0.2, 0.25) is 6.29 Å². The molecule has 0 saturated heterocycles. The summed E-state index contributed by atoms with van der Waals surface area (Å²) in [5.74, 6) is -1.03. The normalized spacial score (nSPS) is 17.9. The molecule has 0 amide bonds. The lowest BCUT2D eigenvalue weighted by Crippen LogP contribution is -2.12. The third kappa shape index (κ3) is 3.36. The van der Waals surface area contributed by atoms with Crippen LogP contribution in [0.5, 0.6) is 0 Å². The Morgan fingerprint density at radius 2 is 2.15 bits per heavy atom. The van der Waals surface area contributed by atoms with Gasteiger partial charge in [0.25, 0.3) is 0 Å². The summed E-state index contributed by atoms with van der Waals surface area (Å²) in [6.45, 7) is 1.71. The van der Waals surface area contributed by atoms with Crippen LogP contribution < -0.4 is 0 Å².